The number of rotatable bonds is 7. The molecular weight excluding hydrogens is 236 g/mol. The summed E-state index contributed by atoms with van der Waals surface area (Å²) in [5.41, 5.74) is 2.49. The third-order valence-electron chi connectivity index (χ3n) is 3.29. The molecule has 0 aliphatic heterocycles. The molecule has 19 heavy (non-hydrogen) atoms. The van der Waals surface area contributed by atoms with Crippen molar-refractivity contribution in [2.24, 2.45) is 5.92 Å². The second-order valence-electron chi connectivity index (χ2n) is 5.87. The molecule has 0 heterocycles. The van der Waals surface area contributed by atoms with Crippen molar-refractivity contribution in [3.63, 3.8) is 0 Å². The first-order valence-corrected chi connectivity index (χ1v) is 7.09. The van der Waals surface area contributed by atoms with Crippen LogP contribution >= 0.6 is 0 Å². The van der Waals surface area contributed by atoms with Crippen LogP contribution in [0, 0.1) is 5.92 Å². The Hall–Kier alpha value is -1.06. The van der Waals surface area contributed by atoms with E-state index in [1.807, 2.05) is 0 Å². The predicted molar refractivity (Wildman–Crippen MR) is 82.6 cm³/mol. The van der Waals surface area contributed by atoms with Crippen LogP contribution in [-0.2, 0) is 0 Å². The fourth-order valence-corrected chi connectivity index (χ4v) is 2.31. The number of anilines is 1. The molecule has 0 aliphatic rings. The summed E-state index contributed by atoms with van der Waals surface area (Å²) >= 11 is 0. The molecule has 0 aliphatic carbocycles. The van der Waals surface area contributed by atoms with Gasteiger partial charge in [0.15, 0.2) is 0 Å². The smallest absolute Gasteiger partial charge is 0.0667 e. The van der Waals surface area contributed by atoms with Crippen LogP contribution < -0.4 is 10.2 Å². The van der Waals surface area contributed by atoms with E-state index in [9.17, 15) is 5.11 Å². The Morgan fingerprint density at radius 3 is 2.37 bits per heavy atom. The normalized spacial score (nSPS) is 14.5. The van der Waals surface area contributed by atoms with Crippen molar-refractivity contribution in [3.8, 4) is 0 Å². The zero-order valence-corrected chi connectivity index (χ0v) is 12.9. The highest BCUT2D eigenvalue weighted by Gasteiger charge is 2.13. The SMILES string of the molecule is CC(C)CC(O)CNC(C)c1ccccc1N(C)C. The molecule has 1 aromatic carbocycles. The van der Waals surface area contributed by atoms with Crippen molar-refractivity contribution in [2.45, 2.75) is 39.3 Å². The molecule has 1 aromatic rings. The van der Waals surface area contributed by atoms with Crippen molar-refractivity contribution < 1.29 is 5.11 Å². The van der Waals surface area contributed by atoms with Gasteiger partial charge in [0.2, 0.25) is 0 Å². The third kappa shape index (κ3) is 5.21. The molecule has 0 spiro atoms. The lowest BCUT2D eigenvalue weighted by atomic mass is 10.0. The maximum absolute atomic E-state index is 9.92. The molecule has 3 nitrogen and oxygen atoms in total. The standard InChI is InChI=1S/C16H28N2O/c1-12(2)10-14(19)11-17-13(3)15-8-6-7-9-16(15)18(4)5/h6-9,12-14,17,19H,10-11H2,1-5H3. The van der Waals surface area contributed by atoms with Gasteiger partial charge in [-0.15, -0.1) is 0 Å². The van der Waals surface area contributed by atoms with Gasteiger partial charge in [-0.05, 0) is 30.9 Å². The maximum atomic E-state index is 9.92. The largest absolute Gasteiger partial charge is 0.392 e. The van der Waals surface area contributed by atoms with Crippen molar-refractivity contribution >= 4 is 5.69 Å². The van der Waals surface area contributed by atoms with Gasteiger partial charge in [-0.1, -0.05) is 32.0 Å². The first-order valence-electron chi connectivity index (χ1n) is 7.09. The molecule has 3 heteroatoms. The van der Waals surface area contributed by atoms with E-state index in [0.29, 0.717) is 12.5 Å². The summed E-state index contributed by atoms with van der Waals surface area (Å²) in [5.74, 6) is 0.529. The third-order valence-corrected chi connectivity index (χ3v) is 3.29. The van der Waals surface area contributed by atoms with Crippen LogP contribution in [0.4, 0.5) is 5.69 Å². The van der Waals surface area contributed by atoms with Crippen molar-refractivity contribution in [1.29, 1.82) is 0 Å². The molecule has 0 fully saturated rings. The monoisotopic (exact) mass is 264 g/mol. The highest BCUT2D eigenvalue weighted by molar-refractivity contribution is 5.53. The van der Waals surface area contributed by atoms with E-state index in [-0.39, 0.29) is 12.1 Å². The number of nitrogens with one attached hydrogen (secondary N) is 1. The van der Waals surface area contributed by atoms with Gasteiger partial charge in [-0.3, -0.25) is 0 Å². The molecule has 0 saturated heterocycles. The minimum atomic E-state index is -0.269. The number of hydrogen-bond donors (Lipinski definition) is 2. The molecule has 108 valence electrons. The van der Waals surface area contributed by atoms with E-state index in [4.69, 9.17) is 0 Å². The summed E-state index contributed by atoms with van der Waals surface area (Å²) < 4.78 is 0. The van der Waals surface area contributed by atoms with Gasteiger partial charge >= 0.3 is 0 Å². The van der Waals surface area contributed by atoms with E-state index in [1.165, 1.54) is 11.3 Å². The average molecular weight is 264 g/mol. The number of nitrogens with zero attached hydrogens (tertiary/aromatic N) is 1. The van der Waals surface area contributed by atoms with Crippen molar-refractivity contribution in [2.75, 3.05) is 25.5 Å². The van der Waals surface area contributed by atoms with Crippen LogP contribution in [0.1, 0.15) is 38.8 Å². The zero-order valence-electron chi connectivity index (χ0n) is 12.9. The van der Waals surface area contributed by atoms with E-state index in [1.54, 1.807) is 0 Å². The molecule has 2 N–H and O–H groups in total. The first kappa shape index (κ1) is 16.0. The molecule has 0 amide bonds. The Morgan fingerprint density at radius 2 is 1.79 bits per heavy atom. The summed E-state index contributed by atoms with van der Waals surface area (Å²) in [6, 6.07) is 8.62. The summed E-state index contributed by atoms with van der Waals surface area (Å²) in [6.45, 7) is 7.05. The zero-order chi connectivity index (χ0) is 14.4. The Morgan fingerprint density at radius 1 is 1.16 bits per heavy atom. The van der Waals surface area contributed by atoms with E-state index in [0.717, 1.165) is 6.42 Å². The van der Waals surface area contributed by atoms with Gasteiger partial charge < -0.3 is 15.3 Å². The van der Waals surface area contributed by atoms with Crippen LogP contribution in [0.25, 0.3) is 0 Å². The minimum Gasteiger partial charge on any atom is -0.392 e. The summed E-state index contributed by atoms with van der Waals surface area (Å²) in [7, 11) is 4.11. The number of benzene rings is 1. The highest BCUT2D eigenvalue weighted by Crippen LogP contribution is 2.24. The first-order chi connectivity index (χ1) is 8.91. The predicted octanol–water partition coefficient (Wildman–Crippen LogP) is 2.81. The quantitative estimate of drug-likeness (QED) is 0.795. The van der Waals surface area contributed by atoms with E-state index in [2.05, 4.69) is 69.3 Å². The summed E-state index contributed by atoms with van der Waals surface area (Å²) in [4.78, 5) is 2.12. The van der Waals surface area contributed by atoms with E-state index < -0.39 is 0 Å². The van der Waals surface area contributed by atoms with Crippen LogP contribution in [-0.4, -0.2) is 31.9 Å². The maximum Gasteiger partial charge on any atom is 0.0667 e. The molecule has 2 atom stereocenters. The molecule has 0 saturated carbocycles. The lowest BCUT2D eigenvalue weighted by Gasteiger charge is -2.23. The average Bonchev–Trinajstić information content (AvgIpc) is 2.35. The topological polar surface area (TPSA) is 35.5 Å². The van der Waals surface area contributed by atoms with Gasteiger partial charge in [-0.2, -0.15) is 0 Å². The van der Waals surface area contributed by atoms with Crippen LogP contribution in [0.5, 0.6) is 0 Å². The lowest BCUT2D eigenvalue weighted by Crippen LogP contribution is -2.30. The lowest BCUT2D eigenvalue weighted by molar-refractivity contribution is 0.143. The van der Waals surface area contributed by atoms with Gasteiger partial charge in [-0.25, -0.2) is 0 Å². The van der Waals surface area contributed by atoms with Crippen molar-refractivity contribution in [1.82, 2.24) is 5.32 Å². The summed E-state index contributed by atoms with van der Waals surface area (Å²) in [6.07, 6.45) is 0.573. The number of hydrogen-bond acceptors (Lipinski definition) is 3. The van der Waals surface area contributed by atoms with E-state index >= 15 is 0 Å². The molecule has 0 radical (unpaired) electrons. The van der Waals surface area contributed by atoms with Gasteiger partial charge in [0.1, 0.15) is 0 Å². The number of para-hydroxylation sites is 1. The molecule has 1 rings (SSSR count). The Balaban J connectivity index is 2.61. The van der Waals surface area contributed by atoms with Crippen LogP contribution in [0.3, 0.4) is 0 Å². The second kappa shape index (κ2) is 7.51. The molecule has 2 unspecified atom stereocenters. The Kier molecular flexibility index (Phi) is 6.32. The highest BCUT2D eigenvalue weighted by atomic mass is 16.3. The van der Waals surface area contributed by atoms with Crippen LogP contribution in [0.2, 0.25) is 0 Å². The fourth-order valence-electron chi connectivity index (χ4n) is 2.31. The van der Waals surface area contributed by atoms with Gasteiger partial charge in [0, 0.05) is 32.4 Å². The Labute approximate surface area is 117 Å². The molecular formula is C16H28N2O. The molecule has 0 bridgehead atoms. The van der Waals surface area contributed by atoms with Gasteiger partial charge in [0.05, 0.1) is 6.10 Å². The Bertz CT molecular complexity index is 377. The summed E-state index contributed by atoms with van der Waals surface area (Å²) in [5, 5.41) is 13.3. The minimum absolute atomic E-state index is 0.236. The fraction of sp³-hybridized carbons (Fsp3) is 0.625. The number of aliphatic hydroxyl groups excluding tert-OH is 1. The van der Waals surface area contributed by atoms with Crippen LogP contribution in [0.15, 0.2) is 24.3 Å². The van der Waals surface area contributed by atoms with Crippen molar-refractivity contribution in [3.05, 3.63) is 29.8 Å². The van der Waals surface area contributed by atoms with Gasteiger partial charge in [0.25, 0.3) is 0 Å². The molecule has 0 aromatic heterocycles. The number of aliphatic hydroxyl groups is 1. The second-order valence-corrected chi connectivity index (χ2v) is 5.87.